The molecule has 0 radical (unpaired) electrons. The molecule has 0 saturated heterocycles. The number of nitrogens with one attached hydrogen (secondary N) is 1. The molecule has 0 saturated carbocycles. The molecule has 0 bridgehead atoms. The molecule has 1 amide bonds. The number of benzene rings is 2. The first-order valence-corrected chi connectivity index (χ1v) is 8.12. The molecule has 3 aromatic rings. The Morgan fingerprint density at radius 2 is 1.89 bits per heavy atom. The summed E-state index contributed by atoms with van der Waals surface area (Å²) in [5.41, 5.74) is 1.15. The van der Waals surface area contributed by atoms with Crippen LogP contribution in [0.5, 0.6) is 0 Å². The van der Waals surface area contributed by atoms with E-state index in [1.54, 1.807) is 6.92 Å². The number of aryl methyl sites for hydroxylation is 1. The highest BCUT2D eigenvalue weighted by atomic mass is 16.6. The largest absolute Gasteiger partial charge is 0.324 e. The Hall–Kier alpha value is -3.81. The van der Waals surface area contributed by atoms with E-state index < -0.39 is 10.8 Å². The van der Waals surface area contributed by atoms with E-state index in [-0.39, 0.29) is 23.5 Å². The number of nitrogens with zero attached hydrogens (tertiary/aromatic N) is 3. The highest BCUT2D eigenvalue weighted by Crippen LogP contribution is 2.17. The Morgan fingerprint density at radius 1 is 1.15 bits per heavy atom. The van der Waals surface area contributed by atoms with Gasteiger partial charge in [-0.25, -0.2) is 4.98 Å². The third kappa shape index (κ3) is 4.24. The highest BCUT2D eigenvalue weighted by Gasteiger charge is 2.12. The van der Waals surface area contributed by atoms with Gasteiger partial charge >= 0.3 is 0 Å². The zero-order chi connectivity index (χ0) is 19.4. The van der Waals surface area contributed by atoms with Crippen molar-refractivity contribution in [3.63, 3.8) is 0 Å². The number of non-ortho nitro benzene ring substituents is 1. The summed E-state index contributed by atoms with van der Waals surface area (Å²) in [6, 6.07) is 16.2. The number of hydrogen-bond acceptors (Lipinski definition) is 5. The van der Waals surface area contributed by atoms with Crippen LogP contribution < -0.4 is 10.9 Å². The van der Waals surface area contributed by atoms with Gasteiger partial charge in [0.05, 0.1) is 10.6 Å². The highest BCUT2D eigenvalue weighted by molar-refractivity contribution is 5.90. The van der Waals surface area contributed by atoms with Gasteiger partial charge in [0.15, 0.2) is 0 Å². The van der Waals surface area contributed by atoms with Crippen molar-refractivity contribution in [2.75, 3.05) is 5.32 Å². The van der Waals surface area contributed by atoms with Crippen LogP contribution in [0.25, 0.3) is 11.3 Å². The summed E-state index contributed by atoms with van der Waals surface area (Å²) in [5, 5.41) is 13.4. The second kappa shape index (κ2) is 7.61. The third-order valence-electron chi connectivity index (χ3n) is 3.91. The number of carbonyl (C=O) groups is 1. The van der Waals surface area contributed by atoms with Crippen LogP contribution in [0.1, 0.15) is 5.82 Å². The van der Waals surface area contributed by atoms with Crippen molar-refractivity contribution in [2.45, 2.75) is 13.5 Å². The van der Waals surface area contributed by atoms with Crippen LogP contribution in [0.15, 0.2) is 65.5 Å². The molecule has 0 fully saturated rings. The standard InChI is InChI=1S/C19H16N4O4/c1-13-20-17(14-6-3-2-4-7-14)11-19(25)22(13)12-18(24)21-15-8-5-9-16(10-15)23(26)27/h2-11H,12H2,1H3,(H,21,24). The van der Waals surface area contributed by atoms with Gasteiger partial charge in [0.25, 0.3) is 11.2 Å². The van der Waals surface area contributed by atoms with Crippen molar-refractivity contribution in [2.24, 2.45) is 0 Å². The molecule has 0 aliphatic rings. The third-order valence-corrected chi connectivity index (χ3v) is 3.91. The number of amides is 1. The monoisotopic (exact) mass is 364 g/mol. The maximum absolute atomic E-state index is 12.4. The SMILES string of the molecule is Cc1nc(-c2ccccc2)cc(=O)n1CC(=O)Nc1cccc([N+](=O)[O-])c1. The van der Waals surface area contributed by atoms with Gasteiger partial charge < -0.3 is 5.32 Å². The van der Waals surface area contributed by atoms with E-state index in [1.165, 1.54) is 34.9 Å². The number of hydrogen-bond donors (Lipinski definition) is 1. The van der Waals surface area contributed by atoms with Crippen molar-refractivity contribution in [1.82, 2.24) is 9.55 Å². The smallest absolute Gasteiger partial charge is 0.271 e. The van der Waals surface area contributed by atoms with Crippen LogP contribution in [0.4, 0.5) is 11.4 Å². The predicted molar refractivity (Wildman–Crippen MR) is 100 cm³/mol. The van der Waals surface area contributed by atoms with E-state index >= 15 is 0 Å². The van der Waals surface area contributed by atoms with E-state index in [2.05, 4.69) is 10.3 Å². The van der Waals surface area contributed by atoms with Gasteiger partial charge in [-0.05, 0) is 13.0 Å². The van der Waals surface area contributed by atoms with E-state index in [9.17, 15) is 19.7 Å². The Bertz CT molecular complexity index is 1060. The molecule has 1 aromatic heterocycles. The van der Waals surface area contributed by atoms with E-state index in [1.807, 2.05) is 30.3 Å². The molecule has 0 atom stereocenters. The zero-order valence-corrected chi connectivity index (χ0v) is 14.5. The minimum atomic E-state index is -0.545. The summed E-state index contributed by atoms with van der Waals surface area (Å²) in [5.74, 6) is -0.0782. The molecular weight excluding hydrogens is 348 g/mol. The first kappa shape index (κ1) is 18.0. The Kier molecular flexibility index (Phi) is 5.07. The average molecular weight is 364 g/mol. The maximum atomic E-state index is 12.4. The topological polar surface area (TPSA) is 107 Å². The average Bonchev–Trinajstić information content (AvgIpc) is 2.65. The number of rotatable bonds is 5. The van der Waals surface area contributed by atoms with Gasteiger partial charge in [-0.3, -0.25) is 24.3 Å². The summed E-state index contributed by atoms with van der Waals surface area (Å²) in [6.07, 6.45) is 0. The molecule has 0 spiro atoms. The molecule has 136 valence electrons. The van der Waals surface area contributed by atoms with Crippen molar-refractivity contribution < 1.29 is 9.72 Å². The fourth-order valence-corrected chi connectivity index (χ4v) is 2.61. The van der Waals surface area contributed by atoms with Crippen LogP contribution >= 0.6 is 0 Å². The first-order chi connectivity index (χ1) is 12.9. The molecule has 3 rings (SSSR count). The minimum absolute atomic E-state index is 0.130. The Morgan fingerprint density at radius 3 is 2.56 bits per heavy atom. The predicted octanol–water partition coefficient (Wildman–Crippen LogP) is 2.77. The van der Waals surface area contributed by atoms with Crippen LogP contribution in [0.2, 0.25) is 0 Å². The number of anilines is 1. The minimum Gasteiger partial charge on any atom is -0.324 e. The molecule has 8 heteroatoms. The lowest BCUT2D eigenvalue weighted by Gasteiger charge is -2.11. The molecule has 0 unspecified atom stereocenters. The second-order valence-corrected chi connectivity index (χ2v) is 5.83. The normalized spacial score (nSPS) is 10.4. The summed E-state index contributed by atoms with van der Waals surface area (Å²) in [7, 11) is 0. The lowest BCUT2D eigenvalue weighted by Crippen LogP contribution is -2.29. The van der Waals surface area contributed by atoms with Crippen molar-refractivity contribution >= 4 is 17.3 Å². The summed E-state index contributed by atoms with van der Waals surface area (Å²) >= 11 is 0. The number of carbonyl (C=O) groups excluding carboxylic acids is 1. The second-order valence-electron chi connectivity index (χ2n) is 5.83. The van der Waals surface area contributed by atoms with E-state index in [0.717, 1.165) is 5.56 Å². The van der Waals surface area contributed by atoms with E-state index in [4.69, 9.17) is 0 Å². The van der Waals surface area contributed by atoms with Crippen LogP contribution in [-0.4, -0.2) is 20.4 Å². The quantitative estimate of drug-likeness (QED) is 0.553. The fourth-order valence-electron chi connectivity index (χ4n) is 2.61. The van der Waals surface area contributed by atoms with Crippen LogP contribution in [0.3, 0.4) is 0 Å². The van der Waals surface area contributed by atoms with Crippen molar-refractivity contribution in [3.8, 4) is 11.3 Å². The van der Waals surface area contributed by atoms with Crippen molar-refractivity contribution in [3.05, 3.63) is 87.0 Å². The molecule has 0 aliphatic carbocycles. The zero-order valence-electron chi connectivity index (χ0n) is 14.5. The van der Waals surface area contributed by atoms with Crippen LogP contribution in [0, 0.1) is 17.0 Å². The van der Waals surface area contributed by atoms with Gasteiger partial charge in [0.1, 0.15) is 12.4 Å². The Labute approximate surface area is 154 Å². The molecule has 2 aromatic carbocycles. The summed E-state index contributed by atoms with van der Waals surface area (Å²) in [6.45, 7) is 1.41. The summed E-state index contributed by atoms with van der Waals surface area (Å²) < 4.78 is 1.25. The van der Waals surface area contributed by atoms with Gasteiger partial charge in [-0.15, -0.1) is 0 Å². The van der Waals surface area contributed by atoms with Gasteiger partial charge in [-0.1, -0.05) is 36.4 Å². The van der Waals surface area contributed by atoms with Gasteiger partial charge in [0, 0.05) is 29.4 Å². The lowest BCUT2D eigenvalue weighted by molar-refractivity contribution is -0.384. The van der Waals surface area contributed by atoms with Crippen molar-refractivity contribution in [1.29, 1.82) is 0 Å². The first-order valence-electron chi connectivity index (χ1n) is 8.12. The molecule has 0 aliphatic heterocycles. The molecule has 1 N–H and O–H groups in total. The Balaban J connectivity index is 1.79. The summed E-state index contributed by atoms with van der Waals surface area (Å²) in [4.78, 5) is 39.3. The molecular formula is C19H16N4O4. The number of aromatic nitrogens is 2. The fraction of sp³-hybridized carbons (Fsp3) is 0.105. The molecule has 1 heterocycles. The molecule has 8 nitrogen and oxygen atoms in total. The van der Waals surface area contributed by atoms with Gasteiger partial charge in [0.2, 0.25) is 5.91 Å². The van der Waals surface area contributed by atoms with Crippen LogP contribution in [-0.2, 0) is 11.3 Å². The molecule has 27 heavy (non-hydrogen) atoms. The number of nitro benzene ring substituents is 1. The van der Waals surface area contributed by atoms with Gasteiger partial charge in [-0.2, -0.15) is 0 Å². The lowest BCUT2D eigenvalue weighted by atomic mass is 10.1. The number of nitro groups is 1. The van der Waals surface area contributed by atoms with E-state index in [0.29, 0.717) is 11.5 Å². The maximum Gasteiger partial charge on any atom is 0.271 e.